The number of rotatable bonds is 12. The molecule has 2 amide bonds. The molecule has 0 aliphatic heterocycles. The zero-order valence-electron chi connectivity index (χ0n) is 24.2. The molecule has 0 bridgehead atoms. The van der Waals surface area contributed by atoms with Gasteiger partial charge in [-0.1, -0.05) is 79.7 Å². The van der Waals surface area contributed by atoms with Gasteiger partial charge in [0.1, 0.15) is 12.6 Å². The molecule has 0 radical (unpaired) electrons. The number of carbonyl (C=O) groups excluding carboxylic acids is 2. The van der Waals surface area contributed by atoms with E-state index in [0.29, 0.717) is 5.56 Å². The maximum absolute atomic E-state index is 14.3. The Morgan fingerprint density at radius 2 is 1.61 bits per heavy atom. The summed E-state index contributed by atoms with van der Waals surface area (Å²) in [7, 11) is -4.38. The van der Waals surface area contributed by atoms with E-state index in [4.69, 9.17) is 23.2 Å². The van der Waals surface area contributed by atoms with Gasteiger partial charge in [0.05, 0.1) is 15.5 Å². The Hall–Kier alpha value is -3.67. The molecule has 0 aromatic heterocycles. The number of carbonyl (C=O) groups is 2. The van der Waals surface area contributed by atoms with Gasteiger partial charge in [-0.2, -0.15) is 0 Å². The SMILES string of the molecule is CC[C@@H](C(=O)NC1CCCCC1)N(Cc1c(Cl)cccc1Cl)C(=O)CN(c1cccc([N+](=O)[O-])c1)S(=O)(=O)c1ccccc1. The lowest BCUT2D eigenvalue weighted by Gasteiger charge is -2.34. The molecule has 1 fully saturated rings. The van der Waals surface area contributed by atoms with E-state index < -0.39 is 33.4 Å². The highest BCUT2D eigenvalue weighted by atomic mass is 35.5. The van der Waals surface area contributed by atoms with Crippen molar-refractivity contribution in [1.29, 1.82) is 0 Å². The monoisotopic (exact) mass is 660 g/mol. The Kier molecular flexibility index (Phi) is 11.2. The largest absolute Gasteiger partial charge is 0.352 e. The zero-order chi connectivity index (χ0) is 31.9. The van der Waals surface area contributed by atoms with Crippen LogP contribution in [0.2, 0.25) is 10.0 Å². The smallest absolute Gasteiger partial charge is 0.271 e. The Labute approximate surface area is 267 Å². The van der Waals surface area contributed by atoms with Gasteiger partial charge in [0.25, 0.3) is 15.7 Å². The van der Waals surface area contributed by atoms with Crippen molar-refractivity contribution in [2.45, 2.75) is 69.0 Å². The summed E-state index contributed by atoms with van der Waals surface area (Å²) in [6.45, 7) is 0.856. The fraction of sp³-hybridized carbons (Fsp3) is 0.355. The van der Waals surface area contributed by atoms with Crippen molar-refractivity contribution < 1.29 is 22.9 Å². The van der Waals surface area contributed by atoms with Crippen LogP contribution in [0.15, 0.2) is 77.7 Å². The van der Waals surface area contributed by atoms with Gasteiger partial charge in [0.15, 0.2) is 0 Å². The highest BCUT2D eigenvalue weighted by Crippen LogP contribution is 2.30. The third-order valence-electron chi connectivity index (χ3n) is 7.67. The number of nitro benzene ring substituents is 1. The van der Waals surface area contributed by atoms with Crippen molar-refractivity contribution in [2.75, 3.05) is 10.8 Å². The Morgan fingerprint density at radius 1 is 0.977 bits per heavy atom. The van der Waals surface area contributed by atoms with E-state index in [9.17, 15) is 28.1 Å². The summed E-state index contributed by atoms with van der Waals surface area (Å²) in [6.07, 6.45) is 4.99. The van der Waals surface area contributed by atoms with Gasteiger partial charge < -0.3 is 10.2 Å². The predicted octanol–water partition coefficient (Wildman–Crippen LogP) is 6.35. The van der Waals surface area contributed by atoms with E-state index in [-0.39, 0.29) is 51.2 Å². The summed E-state index contributed by atoms with van der Waals surface area (Å²) in [5.74, 6) is -1.07. The average molecular weight is 662 g/mol. The second-order valence-electron chi connectivity index (χ2n) is 10.6. The molecule has 10 nitrogen and oxygen atoms in total. The third-order valence-corrected chi connectivity index (χ3v) is 10.2. The van der Waals surface area contributed by atoms with Gasteiger partial charge in [0, 0.05) is 40.3 Å². The minimum atomic E-state index is -4.38. The summed E-state index contributed by atoms with van der Waals surface area (Å²) in [6, 6.07) is 16.4. The third kappa shape index (κ3) is 7.88. The number of nitrogens with one attached hydrogen (secondary N) is 1. The second kappa shape index (κ2) is 14.9. The molecule has 1 N–H and O–H groups in total. The van der Waals surface area contributed by atoms with Gasteiger partial charge in [0.2, 0.25) is 11.8 Å². The van der Waals surface area contributed by atoms with E-state index in [1.807, 2.05) is 0 Å². The van der Waals surface area contributed by atoms with Crippen molar-refractivity contribution in [3.63, 3.8) is 0 Å². The number of hydrogen-bond donors (Lipinski definition) is 1. The van der Waals surface area contributed by atoms with Crippen LogP contribution in [0.1, 0.15) is 51.0 Å². The van der Waals surface area contributed by atoms with Crippen LogP contribution in [-0.4, -0.2) is 48.7 Å². The van der Waals surface area contributed by atoms with Crippen LogP contribution in [0.5, 0.6) is 0 Å². The Morgan fingerprint density at radius 3 is 2.23 bits per heavy atom. The standard InChI is InChI=1S/C31H34Cl2N4O6S/c1-2-29(31(39)34-22-11-5-3-6-12-22)35(20-26-27(32)17-10-18-28(26)33)30(38)21-36(23-13-9-14-24(19-23)37(40)41)44(42,43)25-15-7-4-8-16-25/h4,7-10,13-19,22,29H,2-3,5-6,11-12,20-21H2,1H3,(H,34,39)/t29-/m0/s1. The molecular weight excluding hydrogens is 627 g/mol. The highest BCUT2D eigenvalue weighted by molar-refractivity contribution is 7.92. The van der Waals surface area contributed by atoms with E-state index in [2.05, 4.69) is 5.32 Å². The fourth-order valence-corrected chi connectivity index (χ4v) is 7.27. The van der Waals surface area contributed by atoms with Gasteiger partial charge in [-0.3, -0.25) is 24.0 Å². The Bertz CT molecular complexity index is 1580. The van der Waals surface area contributed by atoms with Gasteiger partial charge in [-0.25, -0.2) is 8.42 Å². The number of non-ortho nitro benzene ring substituents is 1. The van der Waals surface area contributed by atoms with E-state index >= 15 is 0 Å². The number of sulfonamides is 1. The predicted molar refractivity (Wildman–Crippen MR) is 170 cm³/mol. The number of halogens is 2. The van der Waals surface area contributed by atoms with Crippen molar-refractivity contribution in [3.8, 4) is 0 Å². The van der Waals surface area contributed by atoms with Crippen LogP contribution in [0.25, 0.3) is 0 Å². The maximum atomic E-state index is 14.3. The molecule has 1 aliphatic carbocycles. The van der Waals surface area contributed by atoms with Gasteiger partial charge in [-0.15, -0.1) is 0 Å². The minimum Gasteiger partial charge on any atom is -0.352 e. The first-order chi connectivity index (χ1) is 21.0. The normalized spacial score (nSPS) is 14.4. The lowest BCUT2D eigenvalue weighted by atomic mass is 9.95. The Balaban J connectivity index is 1.76. The minimum absolute atomic E-state index is 0.0222. The summed E-state index contributed by atoms with van der Waals surface area (Å²) < 4.78 is 28.7. The molecule has 3 aromatic carbocycles. The molecule has 0 saturated heterocycles. The number of nitrogens with zero attached hydrogens (tertiary/aromatic N) is 3. The first kappa shape index (κ1) is 33.2. The lowest BCUT2D eigenvalue weighted by Crippen LogP contribution is -2.54. The summed E-state index contributed by atoms with van der Waals surface area (Å²) in [5, 5.41) is 15.2. The molecule has 13 heteroatoms. The highest BCUT2D eigenvalue weighted by Gasteiger charge is 2.35. The molecule has 0 unspecified atom stereocenters. The molecule has 4 rings (SSSR count). The molecule has 44 heavy (non-hydrogen) atoms. The molecular formula is C31H34Cl2N4O6S. The van der Waals surface area contributed by atoms with Crippen LogP contribution < -0.4 is 9.62 Å². The second-order valence-corrected chi connectivity index (χ2v) is 13.3. The summed E-state index contributed by atoms with van der Waals surface area (Å²) in [5.41, 5.74) is -0.0195. The number of amides is 2. The zero-order valence-corrected chi connectivity index (χ0v) is 26.5. The topological polar surface area (TPSA) is 130 Å². The fourth-order valence-electron chi connectivity index (χ4n) is 5.33. The molecule has 234 valence electrons. The molecule has 1 atom stereocenters. The number of hydrogen-bond acceptors (Lipinski definition) is 6. The van der Waals surface area contributed by atoms with Crippen molar-refractivity contribution in [1.82, 2.24) is 10.2 Å². The molecule has 1 aliphatic rings. The van der Waals surface area contributed by atoms with Gasteiger partial charge >= 0.3 is 0 Å². The quantitative estimate of drug-likeness (QED) is 0.178. The lowest BCUT2D eigenvalue weighted by molar-refractivity contribution is -0.384. The number of nitro groups is 1. The van der Waals surface area contributed by atoms with Crippen LogP contribution in [0.4, 0.5) is 11.4 Å². The first-order valence-electron chi connectivity index (χ1n) is 14.4. The van der Waals surface area contributed by atoms with Crippen LogP contribution in [0, 0.1) is 10.1 Å². The van der Waals surface area contributed by atoms with Crippen molar-refractivity contribution in [3.05, 3.63) is 98.5 Å². The summed E-state index contributed by atoms with van der Waals surface area (Å²) in [4.78, 5) is 40.0. The van der Waals surface area contributed by atoms with E-state index in [1.165, 1.54) is 47.4 Å². The van der Waals surface area contributed by atoms with E-state index in [1.54, 1.807) is 31.2 Å². The average Bonchev–Trinajstić information content (AvgIpc) is 3.02. The van der Waals surface area contributed by atoms with Gasteiger partial charge in [-0.05, 0) is 49.6 Å². The van der Waals surface area contributed by atoms with E-state index in [0.717, 1.165) is 42.5 Å². The summed E-state index contributed by atoms with van der Waals surface area (Å²) >= 11 is 12.9. The van der Waals surface area contributed by atoms with Crippen LogP contribution in [-0.2, 0) is 26.2 Å². The maximum Gasteiger partial charge on any atom is 0.271 e. The molecule has 0 spiro atoms. The molecule has 3 aromatic rings. The van der Waals surface area contributed by atoms with Crippen LogP contribution in [0.3, 0.4) is 0 Å². The van der Waals surface area contributed by atoms with Crippen LogP contribution >= 0.6 is 23.2 Å². The van der Waals surface area contributed by atoms with Crippen molar-refractivity contribution in [2.24, 2.45) is 0 Å². The van der Waals surface area contributed by atoms with Crippen molar-refractivity contribution >= 4 is 56.4 Å². The first-order valence-corrected chi connectivity index (χ1v) is 16.6. The molecule has 0 heterocycles. The number of anilines is 1. The molecule has 1 saturated carbocycles. The number of benzene rings is 3.